The molecule has 1 amide bonds. The fourth-order valence-electron chi connectivity index (χ4n) is 2.51. The van der Waals surface area contributed by atoms with Gasteiger partial charge in [-0.3, -0.25) is 14.4 Å². The summed E-state index contributed by atoms with van der Waals surface area (Å²) >= 11 is 0. The molecule has 2 aromatic carbocycles. The van der Waals surface area contributed by atoms with Gasteiger partial charge in [0, 0.05) is 26.3 Å². The Kier molecular flexibility index (Phi) is 6.92. The number of nitrogens with zero attached hydrogens (tertiary/aromatic N) is 1. The summed E-state index contributed by atoms with van der Waals surface area (Å²) in [6, 6.07) is 14.1. The largest absolute Gasteiger partial charge is 0.505 e. The van der Waals surface area contributed by atoms with E-state index in [9.17, 15) is 19.5 Å². The number of nitrogens with one attached hydrogen (secondary N) is 2. The van der Waals surface area contributed by atoms with Gasteiger partial charge >= 0.3 is 0 Å². The highest BCUT2D eigenvalue weighted by Crippen LogP contribution is 2.29. The lowest BCUT2D eigenvalue weighted by molar-refractivity contribution is -0.127. The van der Waals surface area contributed by atoms with Crippen molar-refractivity contribution < 1.29 is 19.5 Å². The van der Waals surface area contributed by atoms with Crippen molar-refractivity contribution in [3.05, 3.63) is 71.1 Å². The number of benzene rings is 2. The number of aldehydes is 1. The Bertz CT molecular complexity index is 905. The molecule has 0 aliphatic rings. The van der Waals surface area contributed by atoms with Crippen LogP contribution >= 0.6 is 0 Å². The third-order valence-electron chi connectivity index (χ3n) is 4.06. The van der Waals surface area contributed by atoms with Gasteiger partial charge in [-0.25, -0.2) is 0 Å². The van der Waals surface area contributed by atoms with E-state index in [4.69, 9.17) is 0 Å². The van der Waals surface area contributed by atoms with Gasteiger partial charge in [0.25, 0.3) is 5.91 Å². The summed E-state index contributed by atoms with van der Waals surface area (Å²) in [6.45, 7) is 2.10. The van der Waals surface area contributed by atoms with E-state index in [-0.39, 0.29) is 34.9 Å². The van der Waals surface area contributed by atoms with Crippen LogP contribution in [0.25, 0.3) is 0 Å². The number of para-hydroxylation sites is 1. The zero-order valence-electron chi connectivity index (χ0n) is 16.0. The van der Waals surface area contributed by atoms with Crippen LogP contribution in [0, 0.1) is 0 Å². The second-order valence-corrected chi connectivity index (χ2v) is 6.35. The minimum absolute atomic E-state index is 0.00400. The van der Waals surface area contributed by atoms with Crippen LogP contribution in [0.15, 0.2) is 59.9 Å². The number of allylic oxidation sites excluding steroid dienone is 2. The maximum Gasteiger partial charge on any atom is 0.257 e. The van der Waals surface area contributed by atoms with Crippen LogP contribution in [-0.4, -0.2) is 42.1 Å². The molecule has 0 unspecified atom stereocenters. The average Bonchev–Trinajstić information content (AvgIpc) is 2.70. The lowest BCUT2D eigenvalue weighted by atomic mass is 10.1. The van der Waals surface area contributed by atoms with Crippen molar-refractivity contribution in [3.8, 4) is 5.75 Å². The Hall–Kier alpha value is -3.61. The molecule has 7 heteroatoms. The Morgan fingerprint density at radius 3 is 2.36 bits per heavy atom. The van der Waals surface area contributed by atoms with Crippen molar-refractivity contribution in [3.63, 3.8) is 0 Å². The Labute approximate surface area is 163 Å². The van der Waals surface area contributed by atoms with Crippen LogP contribution in [-0.2, 0) is 16.1 Å². The molecule has 0 atom stereocenters. The number of carbonyl (C=O) groups is 3. The number of aromatic hydroxyl groups is 1. The van der Waals surface area contributed by atoms with E-state index in [2.05, 4.69) is 10.6 Å². The molecule has 2 aromatic rings. The lowest BCUT2D eigenvalue weighted by Crippen LogP contribution is -2.23. The second kappa shape index (κ2) is 9.36. The molecule has 0 aromatic heterocycles. The summed E-state index contributed by atoms with van der Waals surface area (Å²) in [4.78, 5) is 36.7. The standard InChI is InChI=1S/C21H23N3O4/c1-14(22-12-15-8-5-4-6-9-15)19(18(26)13-25)23-17-11-7-10-16(20(17)27)21(28)24(2)3/h4-11,13,22-23,27H,12H2,1-3H3/b19-14-. The average molecular weight is 381 g/mol. The van der Waals surface area contributed by atoms with Crippen LogP contribution in [0.3, 0.4) is 0 Å². The van der Waals surface area contributed by atoms with Gasteiger partial charge in [-0.1, -0.05) is 36.4 Å². The lowest BCUT2D eigenvalue weighted by Gasteiger charge is -2.17. The molecule has 0 radical (unpaired) electrons. The fourth-order valence-corrected chi connectivity index (χ4v) is 2.51. The van der Waals surface area contributed by atoms with Crippen LogP contribution in [0.1, 0.15) is 22.8 Å². The maximum atomic E-state index is 12.2. The highest BCUT2D eigenvalue weighted by atomic mass is 16.3. The maximum absolute atomic E-state index is 12.2. The number of rotatable bonds is 8. The SMILES string of the molecule is C/C(NCc1ccccc1)=C(/Nc1cccc(C(=O)N(C)C)c1O)C(=O)C=O. The predicted octanol–water partition coefficient (Wildman–Crippen LogP) is 2.30. The first kappa shape index (κ1) is 20.7. The summed E-state index contributed by atoms with van der Waals surface area (Å²) in [7, 11) is 3.14. The van der Waals surface area contributed by atoms with Gasteiger partial charge in [0.2, 0.25) is 5.78 Å². The first-order chi connectivity index (χ1) is 13.3. The van der Waals surface area contributed by atoms with Gasteiger partial charge in [0.1, 0.15) is 5.70 Å². The molecule has 0 fully saturated rings. The predicted molar refractivity (Wildman–Crippen MR) is 107 cm³/mol. The van der Waals surface area contributed by atoms with Crippen molar-refractivity contribution in [2.45, 2.75) is 13.5 Å². The van der Waals surface area contributed by atoms with E-state index in [0.717, 1.165) is 5.56 Å². The summed E-state index contributed by atoms with van der Waals surface area (Å²) < 4.78 is 0. The summed E-state index contributed by atoms with van der Waals surface area (Å²) in [5.41, 5.74) is 1.67. The van der Waals surface area contributed by atoms with Crippen molar-refractivity contribution >= 4 is 23.7 Å². The summed E-state index contributed by atoms with van der Waals surface area (Å²) in [6.07, 6.45) is 0.196. The second-order valence-electron chi connectivity index (χ2n) is 6.35. The molecule has 2 rings (SSSR count). The fraction of sp³-hybridized carbons (Fsp3) is 0.190. The van der Waals surface area contributed by atoms with Gasteiger partial charge in [-0.15, -0.1) is 0 Å². The molecule has 0 spiro atoms. The van der Waals surface area contributed by atoms with E-state index in [1.165, 1.54) is 17.0 Å². The molecule has 0 saturated heterocycles. The minimum atomic E-state index is -0.776. The molecule has 3 N–H and O–H groups in total. The number of carbonyl (C=O) groups excluding carboxylic acids is 3. The third kappa shape index (κ3) is 4.97. The molecular weight excluding hydrogens is 358 g/mol. The first-order valence-electron chi connectivity index (χ1n) is 8.64. The van der Waals surface area contributed by atoms with E-state index in [1.807, 2.05) is 30.3 Å². The number of hydrogen-bond acceptors (Lipinski definition) is 6. The van der Waals surface area contributed by atoms with Crippen molar-refractivity contribution in [1.82, 2.24) is 10.2 Å². The molecule has 0 aliphatic carbocycles. The number of phenols is 1. The number of hydrogen-bond donors (Lipinski definition) is 3. The van der Waals surface area contributed by atoms with Crippen molar-refractivity contribution in [1.29, 1.82) is 0 Å². The van der Waals surface area contributed by atoms with Crippen molar-refractivity contribution in [2.75, 3.05) is 19.4 Å². The monoisotopic (exact) mass is 381 g/mol. The normalized spacial score (nSPS) is 11.2. The molecule has 0 heterocycles. The van der Waals surface area contributed by atoms with Crippen LogP contribution in [0.4, 0.5) is 5.69 Å². The highest BCUT2D eigenvalue weighted by Gasteiger charge is 2.19. The van der Waals surface area contributed by atoms with Gasteiger partial charge in [0.05, 0.1) is 11.3 Å². The van der Waals surface area contributed by atoms with Gasteiger partial charge < -0.3 is 20.6 Å². The van der Waals surface area contributed by atoms with Gasteiger partial charge in [0.15, 0.2) is 12.0 Å². The summed E-state index contributed by atoms with van der Waals surface area (Å²) in [5, 5.41) is 16.3. The number of phenolic OH excluding ortho intramolecular Hbond substituents is 1. The molecule has 7 nitrogen and oxygen atoms in total. The van der Waals surface area contributed by atoms with Gasteiger partial charge in [-0.2, -0.15) is 0 Å². The molecule has 0 bridgehead atoms. The highest BCUT2D eigenvalue weighted by molar-refractivity contribution is 6.34. The van der Waals surface area contributed by atoms with E-state index in [0.29, 0.717) is 12.2 Å². The number of amides is 1. The van der Waals surface area contributed by atoms with Crippen LogP contribution in [0.2, 0.25) is 0 Å². The zero-order valence-corrected chi connectivity index (χ0v) is 16.0. The van der Waals surface area contributed by atoms with Crippen LogP contribution in [0.5, 0.6) is 5.75 Å². The van der Waals surface area contributed by atoms with E-state index < -0.39 is 5.78 Å². The zero-order chi connectivity index (χ0) is 20.7. The molecule has 146 valence electrons. The van der Waals surface area contributed by atoms with E-state index >= 15 is 0 Å². The molecule has 0 saturated carbocycles. The van der Waals surface area contributed by atoms with Crippen LogP contribution < -0.4 is 10.6 Å². The Morgan fingerprint density at radius 1 is 1.07 bits per heavy atom. The molecule has 28 heavy (non-hydrogen) atoms. The van der Waals surface area contributed by atoms with Crippen molar-refractivity contribution in [2.24, 2.45) is 0 Å². The molecular formula is C21H23N3O4. The first-order valence-corrected chi connectivity index (χ1v) is 8.64. The van der Waals surface area contributed by atoms with E-state index in [1.54, 1.807) is 27.1 Å². The number of Topliss-reactive ketones (excluding diaryl/α,β-unsaturated/α-hetero) is 1. The van der Waals surface area contributed by atoms with Gasteiger partial charge in [-0.05, 0) is 24.6 Å². The molecule has 0 aliphatic heterocycles. The number of ketones is 1. The Morgan fingerprint density at radius 2 is 1.75 bits per heavy atom. The summed E-state index contributed by atoms with van der Waals surface area (Å²) in [5.74, 6) is -1.46. The smallest absolute Gasteiger partial charge is 0.257 e. The third-order valence-corrected chi connectivity index (χ3v) is 4.06. The number of anilines is 1. The topological polar surface area (TPSA) is 98.7 Å². The Balaban J connectivity index is 2.32. The minimum Gasteiger partial charge on any atom is -0.505 e. The quantitative estimate of drug-likeness (QED) is 0.281.